The molecule has 0 aliphatic rings. The van der Waals surface area contributed by atoms with Gasteiger partial charge in [0, 0.05) is 30.8 Å². The summed E-state index contributed by atoms with van der Waals surface area (Å²) in [7, 11) is 0. The Kier molecular flexibility index (Phi) is 6.43. The molecule has 7 nitrogen and oxygen atoms in total. The summed E-state index contributed by atoms with van der Waals surface area (Å²) >= 11 is 0. The molecule has 0 heterocycles. The highest BCUT2D eigenvalue weighted by Crippen LogP contribution is 2.15. The number of hydrogen-bond donors (Lipinski definition) is 2. The van der Waals surface area contributed by atoms with Gasteiger partial charge in [0.15, 0.2) is 6.10 Å². The molecule has 2 rings (SSSR count). The molecule has 0 saturated carbocycles. The van der Waals surface area contributed by atoms with Crippen LogP contribution in [0.1, 0.15) is 41.5 Å². The van der Waals surface area contributed by atoms with Gasteiger partial charge in [-0.2, -0.15) is 0 Å². The van der Waals surface area contributed by atoms with Crippen LogP contribution in [0.3, 0.4) is 0 Å². The molecule has 2 aromatic rings. The van der Waals surface area contributed by atoms with Crippen molar-refractivity contribution < 1.29 is 23.9 Å². The molecule has 0 fully saturated rings. The normalized spacial score (nSPS) is 11.2. The Morgan fingerprint density at radius 3 is 1.56 bits per heavy atom. The van der Waals surface area contributed by atoms with Crippen molar-refractivity contribution in [2.45, 2.75) is 26.9 Å². The number of rotatable bonds is 6. The second-order valence-electron chi connectivity index (χ2n) is 5.93. The van der Waals surface area contributed by atoms with Crippen molar-refractivity contribution in [3.8, 4) is 0 Å². The van der Waals surface area contributed by atoms with Crippen LogP contribution in [0.2, 0.25) is 0 Å². The van der Waals surface area contributed by atoms with E-state index in [1.807, 2.05) is 0 Å². The zero-order valence-corrected chi connectivity index (χ0v) is 15.2. The molecule has 0 aliphatic carbocycles. The Morgan fingerprint density at radius 2 is 1.15 bits per heavy atom. The van der Waals surface area contributed by atoms with Gasteiger partial charge in [-0.15, -0.1) is 0 Å². The lowest BCUT2D eigenvalue weighted by Crippen LogP contribution is -2.24. The average Bonchev–Trinajstić information content (AvgIpc) is 2.61. The Bertz CT molecular complexity index is 857. The molecule has 2 N–H and O–H groups in total. The minimum atomic E-state index is -0.973. The minimum absolute atomic E-state index is 0.208. The van der Waals surface area contributed by atoms with Crippen LogP contribution in [0.25, 0.3) is 0 Å². The molecule has 140 valence electrons. The van der Waals surface area contributed by atoms with E-state index in [0.717, 1.165) is 0 Å². The van der Waals surface area contributed by atoms with Crippen molar-refractivity contribution in [1.82, 2.24) is 0 Å². The van der Waals surface area contributed by atoms with Crippen molar-refractivity contribution in [2.24, 2.45) is 0 Å². The third kappa shape index (κ3) is 5.78. The van der Waals surface area contributed by atoms with E-state index in [4.69, 9.17) is 4.74 Å². The van der Waals surface area contributed by atoms with Crippen LogP contribution < -0.4 is 10.6 Å². The first-order valence-corrected chi connectivity index (χ1v) is 8.27. The molecule has 2 aromatic carbocycles. The number of benzene rings is 2. The smallest absolute Gasteiger partial charge is 0.338 e. The van der Waals surface area contributed by atoms with Gasteiger partial charge in [-0.05, 0) is 55.5 Å². The number of ether oxygens (including phenoxy) is 1. The second-order valence-corrected chi connectivity index (χ2v) is 5.93. The van der Waals surface area contributed by atoms with Crippen LogP contribution in [-0.4, -0.2) is 29.7 Å². The van der Waals surface area contributed by atoms with E-state index in [0.29, 0.717) is 16.9 Å². The van der Waals surface area contributed by atoms with Gasteiger partial charge in [0.1, 0.15) is 0 Å². The summed E-state index contributed by atoms with van der Waals surface area (Å²) in [6, 6.07) is 12.5. The van der Waals surface area contributed by atoms with Crippen molar-refractivity contribution in [3.63, 3.8) is 0 Å². The first kappa shape index (κ1) is 19.8. The van der Waals surface area contributed by atoms with Crippen LogP contribution in [0.15, 0.2) is 48.5 Å². The van der Waals surface area contributed by atoms with E-state index in [1.54, 1.807) is 36.4 Å². The predicted molar refractivity (Wildman–Crippen MR) is 101 cm³/mol. The quantitative estimate of drug-likeness (QED) is 0.603. The van der Waals surface area contributed by atoms with E-state index in [-0.39, 0.29) is 23.2 Å². The fourth-order valence-corrected chi connectivity index (χ4v) is 2.33. The average molecular weight is 368 g/mol. The lowest BCUT2D eigenvalue weighted by Gasteiger charge is -2.13. The van der Waals surface area contributed by atoms with Crippen LogP contribution in [0, 0.1) is 0 Å². The minimum Gasteiger partial charge on any atom is -0.451 e. The standard InChI is InChI=1S/C20H20N2O5/c1-12(19(25)15-4-8-17(9-5-15)21-13(2)23)27-20(26)16-6-10-18(11-7-16)22-14(3)24/h4-12H,1-3H3,(H,21,23)(H,22,24)/t12-/m1/s1. The Labute approximate surface area is 156 Å². The molecule has 0 aromatic heterocycles. The Hall–Kier alpha value is -3.48. The number of anilines is 2. The van der Waals surface area contributed by atoms with Crippen LogP contribution in [-0.2, 0) is 14.3 Å². The number of Topliss-reactive ketones (excluding diaryl/α,β-unsaturated/α-hetero) is 1. The highest BCUT2D eigenvalue weighted by molar-refractivity contribution is 6.02. The molecule has 0 unspecified atom stereocenters. The summed E-state index contributed by atoms with van der Waals surface area (Å²) in [6.07, 6.45) is -0.973. The second kappa shape index (κ2) is 8.75. The third-order valence-electron chi connectivity index (χ3n) is 3.58. The maximum atomic E-state index is 12.4. The van der Waals surface area contributed by atoms with Gasteiger partial charge in [0.05, 0.1) is 5.56 Å². The number of hydrogen-bond acceptors (Lipinski definition) is 5. The van der Waals surface area contributed by atoms with E-state index < -0.39 is 12.1 Å². The molecule has 7 heteroatoms. The van der Waals surface area contributed by atoms with Crippen LogP contribution in [0.5, 0.6) is 0 Å². The molecule has 0 saturated heterocycles. The van der Waals surface area contributed by atoms with Gasteiger partial charge < -0.3 is 15.4 Å². The molecular weight excluding hydrogens is 348 g/mol. The molecule has 0 spiro atoms. The Morgan fingerprint density at radius 1 is 0.741 bits per heavy atom. The maximum Gasteiger partial charge on any atom is 0.338 e. The first-order chi connectivity index (χ1) is 12.8. The first-order valence-electron chi connectivity index (χ1n) is 8.27. The van der Waals surface area contributed by atoms with Gasteiger partial charge in [0.2, 0.25) is 17.6 Å². The SMILES string of the molecule is CC(=O)Nc1ccc(C(=O)O[C@H](C)C(=O)c2ccc(NC(C)=O)cc2)cc1. The van der Waals surface area contributed by atoms with Crippen molar-refractivity contribution in [3.05, 3.63) is 59.7 Å². The monoisotopic (exact) mass is 368 g/mol. The van der Waals surface area contributed by atoms with Gasteiger partial charge in [0.25, 0.3) is 0 Å². The summed E-state index contributed by atoms with van der Waals surface area (Å²) in [4.78, 5) is 46.6. The van der Waals surface area contributed by atoms with E-state index in [2.05, 4.69) is 10.6 Å². The number of carbonyl (C=O) groups is 4. The molecule has 27 heavy (non-hydrogen) atoms. The fourth-order valence-electron chi connectivity index (χ4n) is 2.33. The summed E-state index contributed by atoms with van der Waals surface area (Å²) < 4.78 is 5.22. The molecule has 0 radical (unpaired) electrons. The zero-order chi connectivity index (χ0) is 20.0. The topological polar surface area (TPSA) is 102 Å². The van der Waals surface area contributed by atoms with Crippen molar-refractivity contribution >= 4 is 34.9 Å². The number of ketones is 1. The summed E-state index contributed by atoms with van der Waals surface area (Å²) in [5, 5.41) is 5.20. The summed E-state index contributed by atoms with van der Waals surface area (Å²) in [5.41, 5.74) is 1.76. The number of amides is 2. The molecular formula is C20H20N2O5. The Balaban J connectivity index is 1.99. The maximum absolute atomic E-state index is 12.4. The van der Waals surface area contributed by atoms with Crippen molar-refractivity contribution in [2.75, 3.05) is 10.6 Å². The highest BCUT2D eigenvalue weighted by atomic mass is 16.5. The van der Waals surface area contributed by atoms with Crippen molar-refractivity contribution in [1.29, 1.82) is 0 Å². The number of nitrogens with one attached hydrogen (secondary N) is 2. The predicted octanol–water partition coefficient (Wildman–Crippen LogP) is 3.03. The van der Waals surface area contributed by atoms with E-state index in [1.165, 1.54) is 32.9 Å². The van der Waals surface area contributed by atoms with Gasteiger partial charge in [-0.25, -0.2) is 4.79 Å². The lowest BCUT2D eigenvalue weighted by molar-refractivity contribution is -0.115. The fraction of sp³-hybridized carbons (Fsp3) is 0.200. The lowest BCUT2D eigenvalue weighted by atomic mass is 10.1. The van der Waals surface area contributed by atoms with Crippen LogP contribution in [0.4, 0.5) is 11.4 Å². The molecule has 2 amide bonds. The van der Waals surface area contributed by atoms with Gasteiger partial charge in [-0.1, -0.05) is 0 Å². The summed E-state index contributed by atoms with van der Waals surface area (Å²) in [5.74, 6) is -1.41. The highest BCUT2D eigenvalue weighted by Gasteiger charge is 2.20. The number of esters is 1. The largest absolute Gasteiger partial charge is 0.451 e. The van der Waals surface area contributed by atoms with Gasteiger partial charge in [-0.3, -0.25) is 14.4 Å². The van der Waals surface area contributed by atoms with E-state index in [9.17, 15) is 19.2 Å². The summed E-state index contributed by atoms with van der Waals surface area (Å²) in [6.45, 7) is 4.27. The number of carbonyl (C=O) groups excluding carboxylic acids is 4. The molecule has 0 aliphatic heterocycles. The zero-order valence-electron chi connectivity index (χ0n) is 15.2. The molecule has 1 atom stereocenters. The van der Waals surface area contributed by atoms with Crippen LogP contribution >= 0.6 is 0 Å². The molecule has 0 bridgehead atoms. The third-order valence-corrected chi connectivity index (χ3v) is 3.58. The van der Waals surface area contributed by atoms with E-state index >= 15 is 0 Å². The van der Waals surface area contributed by atoms with Gasteiger partial charge >= 0.3 is 5.97 Å².